The molecule has 0 unspecified atom stereocenters. The maximum atomic E-state index is 14.8. The van der Waals surface area contributed by atoms with Crippen molar-refractivity contribution < 1.29 is 15.0 Å². The zero-order valence-corrected chi connectivity index (χ0v) is 28.1. The highest BCUT2D eigenvalue weighted by atomic mass is 16.3. The van der Waals surface area contributed by atoms with Gasteiger partial charge in [0.2, 0.25) is 5.91 Å². The van der Waals surface area contributed by atoms with Gasteiger partial charge in [-0.25, -0.2) is 0 Å². The van der Waals surface area contributed by atoms with E-state index in [0.717, 1.165) is 59.3 Å². The Morgan fingerprint density at radius 2 is 0.829 bits per heavy atom. The fraction of sp³-hybridized carbons (Fsp3) is 0.649. The first-order valence-electron chi connectivity index (χ1n) is 15.7. The lowest BCUT2D eigenvalue weighted by Gasteiger charge is -2.35. The molecule has 2 aromatic rings. The zero-order valence-electron chi connectivity index (χ0n) is 28.1. The molecule has 0 heterocycles. The summed E-state index contributed by atoms with van der Waals surface area (Å²) in [7, 11) is 0. The van der Waals surface area contributed by atoms with E-state index in [1.807, 2.05) is 29.2 Å². The number of hydrogen-bond acceptors (Lipinski definition) is 3. The van der Waals surface area contributed by atoms with Gasteiger partial charge in [0.15, 0.2) is 0 Å². The van der Waals surface area contributed by atoms with Gasteiger partial charge in [-0.1, -0.05) is 115 Å². The van der Waals surface area contributed by atoms with E-state index in [1.165, 1.54) is 19.3 Å². The molecule has 1 aliphatic carbocycles. The van der Waals surface area contributed by atoms with Crippen LogP contribution in [0.1, 0.15) is 150 Å². The molecule has 1 fully saturated rings. The largest absolute Gasteiger partial charge is 0.507 e. The van der Waals surface area contributed by atoms with Crippen LogP contribution in [0.4, 0.5) is 11.4 Å². The lowest BCUT2D eigenvalue weighted by atomic mass is 9.78. The second kappa shape index (κ2) is 11.7. The molecule has 41 heavy (non-hydrogen) atoms. The van der Waals surface area contributed by atoms with Crippen molar-refractivity contribution in [3.05, 3.63) is 46.5 Å². The summed E-state index contributed by atoms with van der Waals surface area (Å²) in [5.74, 6) is 0.667. The van der Waals surface area contributed by atoms with Gasteiger partial charge >= 0.3 is 0 Å². The fourth-order valence-electron chi connectivity index (χ4n) is 6.07. The van der Waals surface area contributed by atoms with Gasteiger partial charge in [0.1, 0.15) is 11.5 Å². The monoisotopic (exact) mass is 563 g/mol. The Kier molecular flexibility index (Phi) is 9.38. The number of amides is 1. The summed E-state index contributed by atoms with van der Waals surface area (Å²) in [4.78, 5) is 16.7. The van der Waals surface area contributed by atoms with Gasteiger partial charge in [-0.2, -0.15) is 0 Å². The van der Waals surface area contributed by atoms with Crippen molar-refractivity contribution in [2.75, 3.05) is 4.90 Å². The van der Waals surface area contributed by atoms with Crippen molar-refractivity contribution >= 4 is 17.3 Å². The minimum Gasteiger partial charge on any atom is -0.507 e. The van der Waals surface area contributed by atoms with Crippen molar-refractivity contribution in [2.45, 2.75) is 150 Å². The number of anilines is 2. The molecule has 2 N–H and O–H groups in total. The molecule has 4 heteroatoms. The van der Waals surface area contributed by atoms with Crippen molar-refractivity contribution in [2.24, 2.45) is 5.92 Å². The van der Waals surface area contributed by atoms with Crippen molar-refractivity contribution in [1.82, 2.24) is 0 Å². The van der Waals surface area contributed by atoms with E-state index in [2.05, 4.69) is 83.1 Å². The molecular formula is C37H57NO3. The smallest absolute Gasteiger partial charge is 0.234 e. The molecule has 0 bridgehead atoms. The number of phenolic OH excluding ortho intramolecular Hbond substituents is 2. The summed E-state index contributed by atoms with van der Waals surface area (Å²) < 4.78 is 0. The van der Waals surface area contributed by atoms with Crippen LogP contribution in [0, 0.1) is 5.92 Å². The van der Waals surface area contributed by atoms with Gasteiger partial charge in [0.25, 0.3) is 0 Å². The maximum Gasteiger partial charge on any atom is 0.234 e. The highest BCUT2D eigenvalue weighted by Crippen LogP contribution is 2.47. The Balaban J connectivity index is 2.43. The molecule has 3 rings (SSSR count). The van der Waals surface area contributed by atoms with Crippen LogP contribution in [0.15, 0.2) is 24.3 Å². The van der Waals surface area contributed by atoms with Gasteiger partial charge in [-0.15, -0.1) is 0 Å². The standard InChI is InChI=1S/C37H57NO3/c1-34(2,3)27-20-25(21-28(31(27)39)35(4,5)6)38(33(41)24-18-16-14-13-15-17-19-24)26-22-29(36(7,8)9)32(40)30(23-26)37(10,11)12/h20-24,39-40H,13-19H2,1-12H3. The lowest BCUT2D eigenvalue weighted by molar-refractivity contribution is -0.122. The molecule has 1 amide bonds. The average molecular weight is 564 g/mol. The number of nitrogens with zero attached hydrogens (tertiary/aromatic N) is 1. The first-order valence-corrected chi connectivity index (χ1v) is 15.7. The molecule has 228 valence electrons. The van der Waals surface area contributed by atoms with Crippen LogP contribution >= 0.6 is 0 Å². The minimum absolute atomic E-state index is 0.0646. The number of carbonyl (C=O) groups excluding carboxylic acids is 1. The van der Waals surface area contributed by atoms with Crippen LogP contribution < -0.4 is 4.90 Å². The minimum atomic E-state index is -0.322. The molecule has 1 saturated carbocycles. The Morgan fingerprint density at radius 3 is 1.10 bits per heavy atom. The summed E-state index contributed by atoms with van der Waals surface area (Å²) in [6.45, 7) is 25.3. The molecule has 0 aromatic heterocycles. The molecule has 0 spiro atoms. The lowest BCUT2D eigenvalue weighted by Crippen LogP contribution is -2.34. The number of phenols is 2. The maximum absolute atomic E-state index is 14.8. The molecule has 0 atom stereocenters. The first kappa shape index (κ1) is 33.0. The van der Waals surface area contributed by atoms with Gasteiger partial charge < -0.3 is 10.2 Å². The molecule has 1 aliphatic rings. The normalized spacial score (nSPS) is 16.3. The third kappa shape index (κ3) is 7.48. The number of benzene rings is 2. The van der Waals surface area contributed by atoms with Crippen LogP contribution in [0.2, 0.25) is 0 Å². The molecule has 0 aliphatic heterocycles. The van der Waals surface area contributed by atoms with E-state index in [0.29, 0.717) is 11.5 Å². The van der Waals surface area contributed by atoms with Gasteiger partial charge in [-0.3, -0.25) is 9.69 Å². The van der Waals surface area contributed by atoms with E-state index in [4.69, 9.17) is 0 Å². The summed E-state index contributed by atoms with van der Waals surface area (Å²) >= 11 is 0. The molecule has 0 radical (unpaired) electrons. The number of aromatic hydroxyl groups is 2. The van der Waals surface area contributed by atoms with Gasteiger partial charge in [-0.05, 0) is 58.8 Å². The Bertz CT molecular complexity index is 1090. The van der Waals surface area contributed by atoms with E-state index in [1.54, 1.807) is 0 Å². The van der Waals surface area contributed by atoms with Crippen LogP contribution in [-0.2, 0) is 26.5 Å². The Hall–Kier alpha value is -2.49. The van der Waals surface area contributed by atoms with Crippen molar-refractivity contribution in [1.29, 1.82) is 0 Å². The van der Waals surface area contributed by atoms with Crippen LogP contribution in [0.3, 0.4) is 0 Å². The zero-order chi connectivity index (χ0) is 31.1. The van der Waals surface area contributed by atoms with Crippen molar-refractivity contribution in [3.63, 3.8) is 0 Å². The summed E-state index contributed by atoms with van der Waals surface area (Å²) in [5, 5.41) is 23.0. The predicted octanol–water partition coefficient (Wildman–Crippen LogP) is 10.3. The highest BCUT2D eigenvalue weighted by molar-refractivity contribution is 6.02. The number of rotatable bonds is 3. The first-order chi connectivity index (χ1) is 18.6. The van der Waals surface area contributed by atoms with E-state index in [9.17, 15) is 15.0 Å². The van der Waals surface area contributed by atoms with Crippen LogP contribution in [0.25, 0.3) is 0 Å². The highest BCUT2D eigenvalue weighted by Gasteiger charge is 2.34. The van der Waals surface area contributed by atoms with Gasteiger partial charge in [0.05, 0.1) is 0 Å². The Morgan fingerprint density at radius 1 is 0.561 bits per heavy atom. The fourth-order valence-corrected chi connectivity index (χ4v) is 6.07. The summed E-state index contributed by atoms with van der Waals surface area (Å²) in [5.41, 5.74) is 3.62. The molecule has 0 saturated heterocycles. The molecule has 2 aromatic carbocycles. The Labute approximate surface area is 250 Å². The second-order valence-electron chi connectivity index (χ2n) is 16.5. The quantitative estimate of drug-likeness (QED) is 0.390. The topological polar surface area (TPSA) is 60.8 Å². The molecule has 4 nitrogen and oxygen atoms in total. The summed E-state index contributed by atoms with van der Waals surface area (Å²) in [6, 6.07) is 8.08. The number of carbonyl (C=O) groups is 1. The third-order valence-electron chi connectivity index (χ3n) is 8.61. The third-order valence-corrected chi connectivity index (χ3v) is 8.61. The van der Waals surface area contributed by atoms with Crippen LogP contribution in [-0.4, -0.2) is 16.1 Å². The van der Waals surface area contributed by atoms with E-state index < -0.39 is 0 Å². The van der Waals surface area contributed by atoms with Gasteiger partial charge in [0, 0.05) is 39.5 Å². The van der Waals surface area contributed by atoms with Crippen molar-refractivity contribution in [3.8, 4) is 11.5 Å². The SMILES string of the molecule is CC(C)(C)c1cc(N(C(=O)C2CCCCCCC2)c2cc(C(C)(C)C)c(O)c(C(C)(C)C)c2)cc(C(C)(C)C)c1O. The summed E-state index contributed by atoms with van der Waals surface area (Å²) in [6.07, 6.45) is 7.50. The van der Waals surface area contributed by atoms with E-state index in [-0.39, 0.29) is 33.5 Å². The number of hydrogen-bond donors (Lipinski definition) is 2. The second-order valence-corrected chi connectivity index (χ2v) is 16.5. The molecular weight excluding hydrogens is 506 g/mol. The van der Waals surface area contributed by atoms with E-state index >= 15 is 0 Å². The predicted molar refractivity (Wildman–Crippen MR) is 174 cm³/mol. The average Bonchev–Trinajstić information content (AvgIpc) is 2.77. The van der Waals surface area contributed by atoms with Crippen LogP contribution in [0.5, 0.6) is 11.5 Å².